The lowest BCUT2D eigenvalue weighted by Gasteiger charge is -2.35. The molecule has 2 aromatic rings. The molecule has 2 aromatic carbocycles. The maximum absolute atomic E-state index is 13.2. The van der Waals surface area contributed by atoms with Crippen molar-refractivity contribution in [1.29, 1.82) is 0 Å². The van der Waals surface area contributed by atoms with Crippen LogP contribution in [0.2, 0.25) is 0 Å². The number of alkyl halides is 3. The first-order valence-corrected chi connectivity index (χ1v) is 14.1. The van der Waals surface area contributed by atoms with E-state index in [1.165, 1.54) is 36.6 Å². The van der Waals surface area contributed by atoms with E-state index in [4.69, 9.17) is 17.0 Å². The van der Waals surface area contributed by atoms with E-state index in [-0.39, 0.29) is 17.7 Å². The Balaban J connectivity index is 1.16. The minimum absolute atomic E-state index is 0.152. The Bertz CT molecular complexity index is 1020. The number of nitrogens with one attached hydrogen (secondary N) is 1. The van der Waals surface area contributed by atoms with Crippen LogP contribution in [-0.2, 0) is 17.3 Å². The summed E-state index contributed by atoms with van der Waals surface area (Å²) in [6.07, 6.45) is 3.86. The molecule has 202 valence electrons. The third-order valence-electron chi connectivity index (χ3n) is 7.87. The fraction of sp³-hybridized carbons (Fsp3) is 0.567. The number of rotatable bonds is 8. The predicted molar refractivity (Wildman–Crippen MR) is 148 cm³/mol. The SMILES string of the molecule is CCCc1ccc(C2CCN(C(=S)COC3CCC(Nc4ccc(C)c(C(F)(F)F)c4)CC3)CC2)cc1. The maximum atomic E-state index is 13.2. The van der Waals surface area contributed by atoms with Crippen LogP contribution in [0.1, 0.15) is 80.0 Å². The molecule has 1 aliphatic carbocycles. The van der Waals surface area contributed by atoms with Gasteiger partial charge in [-0.25, -0.2) is 0 Å². The lowest BCUT2D eigenvalue weighted by atomic mass is 9.89. The zero-order valence-electron chi connectivity index (χ0n) is 21.9. The van der Waals surface area contributed by atoms with E-state index >= 15 is 0 Å². The number of hydrogen-bond donors (Lipinski definition) is 1. The molecule has 1 N–H and O–H groups in total. The second kappa shape index (κ2) is 12.6. The first-order valence-electron chi connectivity index (χ1n) is 13.7. The van der Waals surface area contributed by atoms with Gasteiger partial charge in [0, 0.05) is 24.8 Å². The molecule has 1 aliphatic heterocycles. The average Bonchev–Trinajstić information content (AvgIpc) is 2.89. The number of likely N-dealkylation sites (tertiary alicyclic amines) is 1. The molecular formula is C30H39F3N2OS. The molecule has 2 aliphatic rings. The quantitative estimate of drug-likeness (QED) is 0.349. The highest BCUT2D eigenvalue weighted by Crippen LogP contribution is 2.34. The lowest BCUT2D eigenvalue weighted by Crippen LogP contribution is -2.40. The Labute approximate surface area is 224 Å². The molecule has 4 rings (SSSR count). The minimum atomic E-state index is -4.33. The number of halogens is 3. The Kier molecular flexibility index (Phi) is 9.51. The van der Waals surface area contributed by atoms with Gasteiger partial charge in [0.15, 0.2) is 0 Å². The van der Waals surface area contributed by atoms with Crippen LogP contribution in [0, 0.1) is 6.92 Å². The molecule has 0 unspecified atom stereocenters. The third kappa shape index (κ3) is 7.70. The lowest BCUT2D eigenvalue weighted by molar-refractivity contribution is -0.138. The van der Waals surface area contributed by atoms with Crippen molar-refractivity contribution < 1.29 is 17.9 Å². The van der Waals surface area contributed by atoms with Gasteiger partial charge in [0.1, 0.15) is 4.99 Å². The second-order valence-electron chi connectivity index (χ2n) is 10.6. The third-order valence-corrected chi connectivity index (χ3v) is 8.24. The molecule has 1 saturated heterocycles. The van der Waals surface area contributed by atoms with Gasteiger partial charge in [0.05, 0.1) is 18.3 Å². The van der Waals surface area contributed by atoms with Crippen molar-refractivity contribution in [2.24, 2.45) is 0 Å². The van der Waals surface area contributed by atoms with Crippen LogP contribution in [0.4, 0.5) is 18.9 Å². The number of thiocarbonyl (C=S) groups is 1. The summed E-state index contributed by atoms with van der Waals surface area (Å²) in [5.41, 5.74) is 3.06. The smallest absolute Gasteiger partial charge is 0.382 e. The van der Waals surface area contributed by atoms with Gasteiger partial charge in [0.25, 0.3) is 0 Å². The molecule has 1 heterocycles. The molecule has 3 nitrogen and oxygen atoms in total. The van der Waals surface area contributed by atoms with Crippen molar-refractivity contribution in [3.05, 3.63) is 64.7 Å². The van der Waals surface area contributed by atoms with Crippen LogP contribution in [0.3, 0.4) is 0 Å². The van der Waals surface area contributed by atoms with Crippen LogP contribution >= 0.6 is 12.2 Å². The molecule has 0 spiro atoms. The van der Waals surface area contributed by atoms with E-state index in [1.807, 2.05) is 0 Å². The van der Waals surface area contributed by atoms with Gasteiger partial charge in [-0.05, 0) is 86.6 Å². The van der Waals surface area contributed by atoms with Gasteiger partial charge in [0.2, 0.25) is 0 Å². The summed E-state index contributed by atoms with van der Waals surface area (Å²) < 4.78 is 45.8. The topological polar surface area (TPSA) is 24.5 Å². The van der Waals surface area contributed by atoms with Crippen molar-refractivity contribution in [3.63, 3.8) is 0 Å². The van der Waals surface area contributed by atoms with Crippen molar-refractivity contribution in [2.45, 2.75) is 89.5 Å². The first kappa shape index (κ1) is 27.9. The number of ether oxygens (including phenoxy) is 1. The number of hydrogen-bond acceptors (Lipinski definition) is 3. The van der Waals surface area contributed by atoms with Gasteiger partial charge < -0.3 is 15.0 Å². The summed E-state index contributed by atoms with van der Waals surface area (Å²) >= 11 is 5.70. The number of anilines is 1. The van der Waals surface area contributed by atoms with Crippen molar-refractivity contribution in [3.8, 4) is 0 Å². The van der Waals surface area contributed by atoms with Gasteiger partial charge in [-0.3, -0.25) is 0 Å². The van der Waals surface area contributed by atoms with Crippen LogP contribution in [0.5, 0.6) is 0 Å². The highest BCUT2D eigenvalue weighted by Gasteiger charge is 2.33. The van der Waals surface area contributed by atoms with Crippen LogP contribution in [-0.4, -0.2) is 41.7 Å². The monoisotopic (exact) mass is 532 g/mol. The van der Waals surface area contributed by atoms with Crippen LogP contribution < -0.4 is 5.32 Å². The second-order valence-corrected chi connectivity index (χ2v) is 11.1. The Hall–Kier alpha value is -2.12. The Morgan fingerprint density at radius 3 is 2.30 bits per heavy atom. The zero-order chi connectivity index (χ0) is 26.4. The summed E-state index contributed by atoms with van der Waals surface area (Å²) in [6, 6.07) is 13.8. The highest BCUT2D eigenvalue weighted by atomic mass is 32.1. The minimum Gasteiger partial charge on any atom is -0.382 e. The summed E-state index contributed by atoms with van der Waals surface area (Å²) in [5, 5.41) is 3.29. The molecular weight excluding hydrogens is 493 g/mol. The molecule has 0 atom stereocenters. The van der Waals surface area contributed by atoms with Crippen LogP contribution in [0.15, 0.2) is 42.5 Å². The van der Waals surface area contributed by atoms with Crippen molar-refractivity contribution >= 4 is 22.9 Å². The summed E-state index contributed by atoms with van der Waals surface area (Å²) in [7, 11) is 0. The molecule has 7 heteroatoms. The largest absolute Gasteiger partial charge is 0.416 e. The van der Waals surface area contributed by atoms with E-state index in [2.05, 4.69) is 41.4 Å². The van der Waals surface area contributed by atoms with Crippen molar-refractivity contribution in [1.82, 2.24) is 4.90 Å². The van der Waals surface area contributed by atoms with Crippen molar-refractivity contribution in [2.75, 3.05) is 25.0 Å². The van der Waals surface area contributed by atoms with E-state index in [0.717, 1.165) is 63.0 Å². The normalized spacial score (nSPS) is 21.2. The molecule has 2 fully saturated rings. The average molecular weight is 533 g/mol. The molecule has 0 radical (unpaired) electrons. The zero-order valence-corrected chi connectivity index (χ0v) is 22.8. The summed E-state index contributed by atoms with van der Waals surface area (Å²) in [6.45, 7) is 6.12. The van der Waals surface area contributed by atoms with Gasteiger partial charge in [-0.1, -0.05) is 55.9 Å². The molecule has 1 saturated carbocycles. The highest BCUT2D eigenvalue weighted by molar-refractivity contribution is 7.80. The molecule has 37 heavy (non-hydrogen) atoms. The van der Waals surface area contributed by atoms with E-state index in [9.17, 15) is 13.2 Å². The summed E-state index contributed by atoms with van der Waals surface area (Å²) in [4.78, 5) is 3.18. The molecule has 0 amide bonds. The standard InChI is InChI=1S/C30H39F3N2OS/c1-3-4-22-6-8-23(9-7-22)24-15-17-35(18-16-24)29(37)20-36-27-13-11-25(12-14-27)34-26-10-5-21(2)28(19-26)30(31,32)33/h5-10,19,24-25,27,34H,3-4,11-18,20H2,1-2H3. The number of nitrogens with zero attached hydrogens (tertiary/aromatic N) is 1. The van der Waals surface area contributed by atoms with E-state index in [1.54, 1.807) is 6.07 Å². The maximum Gasteiger partial charge on any atom is 0.416 e. The van der Waals surface area contributed by atoms with E-state index in [0.29, 0.717) is 18.2 Å². The van der Waals surface area contributed by atoms with Gasteiger partial charge in [-0.15, -0.1) is 0 Å². The number of aryl methyl sites for hydroxylation is 2. The van der Waals surface area contributed by atoms with Gasteiger partial charge >= 0.3 is 6.18 Å². The fourth-order valence-corrected chi connectivity index (χ4v) is 5.87. The van der Waals surface area contributed by atoms with Gasteiger partial charge in [-0.2, -0.15) is 13.2 Å². The first-order chi connectivity index (χ1) is 17.7. The number of piperidine rings is 1. The molecule has 0 bridgehead atoms. The Morgan fingerprint density at radius 2 is 1.68 bits per heavy atom. The Morgan fingerprint density at radius 1 is 1.00 bits per heavy atom. The molecule has 0 aromatic heterocycles. The fourth-order valence-electron chi connectivity index (χ4n) is 5.61. The van der Waals surface area contributed by atoms with Crippen LogP contribution in [0.25, 0.3) is 0 Å². The number of benzene rings is 2. The summed E-state index contributed by atoms with van der Waals surface area (Å²) in [5.74, 6) is 0.596. The van der Waals surface area contributed by atoms with E-state index < -0.39 is 11.7 Å². The predicted octanol–water partition coefficient (Wildman–Crippen LogP) is 7.91.